The molecule has 0 spiro atoms. The van der Waals surface area contributed by atoms with Crippen LogP contribution in [0.2, 0.25) is 0 Å². The van der Waals surface area contributed by atoms with Crippen molar-refractivity contribution in [2.24, 2.45) is 0 Å². The Bertz CT molecular complexity index is 766. The smallest absolute Gasteiger partial charge is 0.345 e. The standard InChI is InChI=1S/C12H10N4O3S/c1-19-5-8-7-4-9(12(17)18)20-11(7)16(15-8)10-2-3-13-6-14-10/h2-4,6H,5H2,1H3,(H,17,18). The van der Waals surface area contributed by atoms with Crippen LogP contribution in [0.1, 0.15) is 15.4 Å². The van der Waals surface area contributed by atoms with Gasteiger partial charge in [-0.05, 0) is 6.07 Å². The molecule has 0 saturated heterocycles. The van der Waals surface area contributed by atoms with Gasteiger partial charge in [-0.3, -0.25) is 0 Å². The fourth-order valence-corrected chi connectivity index (χ4v) is 2.86. The Hall–Kier alpha value is -2.32. The number of hydrogen-bond acceptors (Lipinski definition) is 6. The Morgan fingerprint density at radius 1 is 1.55 bits per heavy atom. The molecular formula is C12H10N4O3S. The van der Waals surface area contributed by atoms with Crippen LogP contribution >= 0.6 is 11.3 Å². The van der Waals surface area contributed by atoms with Crippen molar-refractivity contribution in [2.45, 2.75) is 6.61 Å². The van der Waals surface area contributed by atoms with Crippen molar-refractivity contribution in [3.8, 4) is 5.82 Å². The van der Waals surface area contributed by atoms with Crippen molar-refractivity contribution in [3.05, 3.63) is 35.2 Å². The lowest BCUT2D eigenvalue weighted by Crippen LogP contribution is -2.00. The molecule has 0 saturated carbocycles. The highest BCUT2D eigenvalue weighted by Gasteiger charge is 2.18. The quantitative estimate of drug-likeness (QED) is 0.787. The van der Waals surface area contributed by atoms with Gasteiger partial charge in [-0.25, -0.2) is 19.4 Å². The normalized spacial score (nSPS) is 11.1. The monoisotopic (exact) mass is 290 g/mol. The first-order chi connectivity index (χ1) is 9.70. The summed E-state index contributed by atoms with van der Waals surface area (Å²) in [6.07, 6.45) is 3.03. The van der Waals surface area contributed by atoms with Crippen molar-refractivity contribution in [3.63, 3.8) is 0 Å². The number of aromatic carboxylic acids is 1. The molecule has 102 valence electrons. The molecule has 0 fully saturated rings. The molecule has 0 aliphatic carbocycles. The predicted molar refractivity (Wildman–Crippen MR) is 72.2 cm³/mol. The lowest BCUT2D eigenvalue weighted by atomic mass is 10.3. The van der Waals surface area contributed by atoms with Crippen molar-refractivity contribution < 1.29 is 14.6 Å². The highest BCUT2D eigenvalue weighted by molar-refractivity contribution is 7.20. The number of carboxylic acid groups (broad SMARTS) is 1. The lowest BCUT2D eigenvalue weighted by Gasteiger charge is -1.99. The van der Waals surface area contributed by atoms with E-state index in [2.05, 4.69) is 15.1 Å². The third-order valence-electron chi connectivity index (χ3n) is 2.71. The van der Waals surface area contributed by atoms with E-state index in [-0.39, 0.29) is 4.88 Å². The largest absolute Gasteiger partial charge is 0.477 e. The van der Waals surface area contributed by atoms with Gasteiger partial charge in [0.05, 0.1) is 12.3 Å². The third kappa shape index (κ3) is 2.04. The number of ether oxygens (including phenoxy) is 1. The Kier molecular flexibility index (Phi) is 3.17. The first kappa shape index (κ1) is 12.7. The number of nitrogens with zero attached hydrogens (tertiary/aromatic N) is 4. The zero-order valence-corrected chi connectivity index (χ0v) is 11.3. The molecule has 3 aromatic heterocycles. The molecular weight excluding hydrogens is 280 g/mol. The summed E-state index contributed by atoms with van der Waals surface area (Å²) in [5, 5.41) is 14.3. The molecule has 0 aromatic carbocycles. The Balaban J connectivity index is 2.23. The zero-order valence-electron chi connectivity index (χ0n) is 10.5. The fraction of sp³-hybridized carbons (Fsp3) is 0.167. The first-order valence-corrected chi connectivity index (χ1v) is 6.52. The van der Waals surface area contributed by atoms with Crippen LogP contribution in [0.3, 0.4) is 0 Å². The molecule has 0 radical (unpaired) electrons. The number of carbonyl (C=O) groups is 1. The van der Waals surface area contributed by atoms with Gasteiger partial charge in [-0.1, -0.05) is 0 Å². The summed E-state index contributed by atoms with van der Waals surface area (Å²) in [5.74, 6) is -0.366. The van der Waals surface area contributed by atoms with E-state index in [9.17, 15) is 4.79 Å². The molecule has 7 nitrogen and oxygen atoms in total. The first-order valence-electron chi connectivity index (χ1n) is 5.70. The Morgan fingerprint density at radius 2 is 2.40 bits per heavy atom. The van der Waals surface area contributed by atoms with Gasteiger partial charge in [0, 0.05) is 24.8 Å². The molecule has 8 heteroatoms. The summed E-state index contributed by atoms with van der Waals surface area (Å²) in [4.78, 5) is 20.1. The molecule has 0 unspecified atom stereocenters. The molecule has 3 heterocycles. The van der Waals surface area contributed by atoms with E-state index in [1.165, 1.54) is 6.33 Å². The molecule has 3 aromatic rings. The summed E-state index contributed by atoms with van der Waals surface area (Å²) in [5.41, 5.74) is 0.685. The van der Waals surface area contributed by atoms with Crippen molar-refractivity contribution in [1.82, 2.24) is 19.7 Å². The number of thiophene rings is 1. The minimum atomic E-state index is -0.955. The average molecular weight is 290 g/mol. The van der Waals surface area contributed by atoms with Gasteiger partial charge in [0.15, 0.2) is 5.82 Å². The van der Waals surface area contributed by atoms with Crippen LogP contribution in [0.25, 0.3) is 16.0 Å². The van der Waals surface area contributed by atoms with Crippen LogP contribution in [-0.2, 0) is 11.3 Å². The molecule has 0 atom stereocenters. The number of methoxy groups -OCH3 is 1. The van der Waals surface area contributed by atoms with Crippen LogP contribution in [0.5, 0.6) is 0 Å². The minimum absolute atomic E-state index is 0.262. The SMILES string of the molecule is COCc1nn(-c2ccncn2)c2sc(C(=O)O)cc12. The highest BCUT2D eigenvalue weighted by atomic mass is 32.1. The van der Waals surface area contributed by atoms with Gasteiger partial charge >= 0.3 is 5.97 Å². The number of rotatable bonds is 4. The van der Waals surface area contributed by atoms with E-state index < -0.39 is 5.97 Å². The van der Waals surface area contributed by atoms with E-state index in [1.807, 2.05) is 0 Å². The second-order valence-electron chi connectivity index (χ2n) is 3.99. The van der Waals surface area contributed by atoms with E-state index in [4.69, 9.17) is 9.84 Å². The zero-order chi connectivity index (χ0) is 14.1. The minimum Gasteiger partial charge on any atom is -0.477 e. The second kappa shape index (κ2) is 4.99. The fourth-order valence-electron chi connectivity index (χ4n) is 1.88. The molecule has 0 amide bonds. The van der Waals surface area contributed by atoms with E-state index in [1.54, 1.807) is 30.1 Å². The van der Waals surface area contributed by atoms with Gasteiger partial charge in [0.25, 0.3) is 0 Å². The summed E-state index contributed by atoms with van der Waals surface area (Å²) in [6, 6.07) is 3.32. The van der Waals surface area contributed by atoms with E-state index in [0.29, 0.717) is 18.1 Å². The van der Waals surface area contributed by atoms with Gasteiger partial charge in [-0.15, -0.1) is 11.3 Å². The molecule has 20 heavy (non-hydrogen) atoms. The van der Waals surface area contributed by atoms with Gasteiger partial charge in [0.2, 0.25) is 0 Å². The van der Waals surface area contributed by atoms with Gasteiger partial charge in [0.1, 0.15) is 16.0 Å². The summed E-state index contributed by atoms with van der Waals surface area (Å²) >= 11 is 1.16. The maximum absolute atomic E-state index is 11.1. The topological polar surface area (TPSA) is 90.1 Å². The molecule has 3 rings (SSSR count). The Morgan fingerprint density at radius 3 is 3.05 bits per heavy atom. The Labute approximate surface area is 117 Å². The highest BCUT2D eigenvalue weighted by Crippen LogP contribution is 2.30. The number of aromatic nitrogens is 4. The predicted octanol–water partition coefficient (Wildman–Crippen LogP) is 1.72. The summed E-state index contributed by atoms with van der Waals surface area (Å²) in [6.45, 7) is 0.310. The summed E-state index contributed by atoms with van der Waals surface area (Å²) in [7, 11) is 1.57. The van der Waals surface area contributed by atoms with E-state index >= 15 is 0 Å². The third-order valence-corrected chi connectivity index (χ3v) is 3.81. The lowest BCUT2D eigenvalue weighted by molar-refractivity contribution is 0.0702. The van der Waals surface area contributed by atoms with Gasteiger partial charge in [-0.2, -0.15) is 5.10 Å². The number of hydrogen-bond donors (Lipinski definition) is 1. The van der Waals surface area contributed by atoms with Crippen LogP contribution < -0.4 is 0 Å². The van der Waals surface area contributed by atoms with Crippen molar-refractivity contribution in [2.75, 3.05) is 7.11 Å². The summed E-state index contributed by atoms with van der Waals surface area (Å²) < 4.78 is 6.72. The van der Waals surface area contributed by atoms with Crippen LogP contribution in [0, 0.1) is 0 Å². The van der Waals surface area contributed by atoms with Crippen LogP contribution in [0.4, 0.5) is 0 Å². The molecule has 0 aliphatic rings. The van der Waals surface area contributed by atoms with Crippen molar-refractivity contribution in [1.29, 1.82) is 0 Å². The number of carboxylic acids is 1. The van der Waals surface area contributed by atoms with Crippen molar-refractivity contribution >= 4 is 27.5 Å². The number of fused-ring (bicyclic) bond motifs is 1. The average Bonchev–Trinajstić information content (AvgIpc) is 3.01. The maximum Gasteiger partial charge on any atom is 0.345 e. The molecule has 1 N–H and O–H groups in total. The maximum atomic E-state index is 11.1. The molecule has 0 aliphatic heterocycles. The van der Waals surface area contributed by atoms with Gasteiger partial charge < -0.3 is 9.84 Å². The van der Waals surface area contributed by atoms with Crippen LogP contribution in [-0.4, -0.2) is 37.9 Å². The second-order valence-corrected chi connectivity index (χ2v) is 5.02. The van der Waals surface area contributed by atoms with E-state index in [0.717, 1.165) is 21.6 Å². The van der Waals surface area contributed by atoms with Crippen LogP contribution in [0.15, 0.2) is 24.7 Å². The molecule has 0 bridgehead atoms.